The highest BCUT2D eigenvalue weighted by Crippen LogP contribution is 2.17. The van der Waals surface area contributed by atoms with Crippen LogP contribution in [0.3, 0.4) is 0 Å². The van der Waals surface area contributed by atoms with Crippen LogP contribution >= 0.6 is 11.8 Å². The standard InChI is InChI=1S/C18H21NO3S/c1-21-11-15-4-3-5-16(10-15)19-18(20)13-23-12-14-6-8-17(22-2)9-7-14/h3-10H,11-13H2,1-2H3,(H,19,20). The molecule has 1 N–H and O–H groups in total. The second-order valence-corrected chi connectivity index (χ2v) is 6.01. The van der Waals surface area contributed by atoms with Gasteiger partial charge in [0.2, 0.25) is 5.91 Å². The van der Waals surface area contributed by atoms with Crippen LogP contribution in [0, 0.1) is 0 Å². The van der Waals surface area contributed by atoms with Gasteiger partial charge in [0, 0.05) is 18.6 Å². The fourth-order valence-electron chi connectivity index (χ4n) is 2.09. The number of hydrogen-bond acceptors (Lipinski definition) is 4. The molecule has 0 aliphatic heterocycles. The first kappa shape index (κ1) is 17.4. The predicted molar refractivity (Wildman–Crippen MR) is 94.9 cm³/mol. The third-order valence-corrected chi connectivity index (χ3v) is 4.19. The average Bonchev–Trinajstić information content (AvgIpc) is 2.56. The Labute approximate surface area is 141 Å². The van der Waals surface area contributed by atoms with E-state index in [0.29, 0.717) is 12.4 Å². The molecule has 2 aromatic rings. The maximum Gasteiger partial charge on any atom is 0.234 e. The summed E-state index contributed by atoms with van der Waals surface area (Å²) in [7, 11) is 3.30. The number of hydrogen-bond donors (Lipinski definition) is 1. The van der Waals surface area contributed by atoms with E-state index < -0.39 is 0 Å². The van der Waals surface area contributed by atoms with Gasteiger partial charge in [-0.2, -0.15) is 0 Å². The number of nitrogens with one attached hydrogen (secondary N) is 1. The molecule has 2 aromatic carbocycles. The van der Waals surface area contributed by atoms with Crippen LogP contribution in [-0.4, -0.2) is 25.9 Å². The van der Waals surface area contributed by atoms with Crippen molar-refractivity contribution in [1.82, 2.24) is 0 Å². The Hall–Kier alpha value is -1.98. The number of methoxy groups -OCH3 is 2. The first-order chi connectivity index (χ1) is 11.2. The molecule has 0 aliphatic rings. The lowest BCUT2D eigenvalue weighted by Gasteiger charge is -2.07. The van der Waals surface area contributed by atoms with Crippen LogP contribution in [0.15, 0.2) is 48.5 Å². The minimum Gasteiger partial charge on any atom is -0.497 e. The normalized spacial score (nSPS) is 10.3. The third kappa shape index (κ3) is 5.96. The Morgan fingerprint density at radius 2 is 1.87 bits per heavy atom. The zero-order valence-corrected chi connectivity index (χ0v) is 14.2. The van der Waals surface area contributed by atoms with Crippen LogP contribution < -0.4 is 10.1 Å². The molecule has 0 radical (unpaired) electrons. The maximum atomic E-state index is 12.0. The van der Waals surface area contributed by atoms with Gasteiger partial charge in [0.1, 0.15) is 5.75 Å². The lowest BCUT2D eigenvalue weighted by molar-refractivity contribution is -0.113. The molecule has 0 aromatic heterocycles. The molecule has 0 fully saturated rings. The lowest BCUT2D eigenvalue weighted by atomic mass is 10.2. The van der Waals surface area contributed by atoms with Gasteiger partial charge >= 0.3 is 0 Å². The quantitative estimate of drug-likeness (QED) is 0.801. The van der Waals surface area contributed by atoms with Crippen molar-refractivity contribution in [3.05, 3.63) is 59.7 Å². The Kier molecular flexibility index (Phi) is 6.97. The minimum absolute atomic E-state index is 0.00178. The highest BCUT2D eigenvalue weighted by Gasteiger charge is 2.04. The molecule has 0 heterocycles. The number of ether oxygens (including phenoxy) is 2. The number of carbonyl (C=O) groups is 1. The van der Waals surface area contributed by atoms with Crippen molar-refractivity contribution < 1.29 is 14.3 Å². The predicted octanol–water partition coefficient (Wildman–Crippen LogP) is 3.71. The summed E-state index contributed by atoms with van der Waals surface area (Å²) >= 11 is 1.58. The summed E-state index contributed by atoms with van der Waals surface area (Å²) < 4.78 is 10.2. The Bertz CT molecular complexity index is 628. The van der Waals surface area contributed by atoms with Crippen LogP contribution in [-0.2, 0) is 21.9 Å². The molecule has 0 spiro atoms. The third-order valence-electron chi connectivity index (χ3n) is 3.18. The van der Waals surface area contributed by atoms with Crippen LogP contribution in [0.1, 0.15) is 11.1 Å². The van der Waals surface area contributed by atoms with Crippen LogP contribution in [0.25, 0.3) is 0 Å². The number of carbonyl (C=O) groups excluding carboxylic acids is 1. The molecule has 4 nitrogen and oxygen atoms in total. The highest BCUT2D eigenvalue weighted by molar-refractivity contribution is 7.99. The smallest absolute Gasteiger partial charge is 0.234 e. The van der Waals surface area contributed by atoms with E-state index in [4.69, 9.17) is 9.47 Å². The van der Waals surface area contributed by atoms with E-state index in [2.05, 4.69) is 5.32 Å². The molecular weight excluding hydrogens is 310 g/mol. The summed E-state index contributed by atoms with van der Waals surface area (Å²) in [4.78, 5) is 12.0. The number of thioether (sulfide) groups is 1. The fraction of sp³-hybridized carbons (Fsp3) is 0.278. The molecule has 0 unspecified atom stereocenters. The van der Waals surface area contributed by atoms with Gasteiger partial charge in [-0.3, -0.25) is 4.79 Å². The van der Waals surface area contributed by atoms with Crippen LogP contribution in [0.5, 0.6) is 5.75 Å². The first-order valence-corrected chi connectivity index (χ1v) is 8.45. The van der Waals surface area contributed by atoms with E-state index >= 15 is 0 Å². The number of amides is 1. The van der Waals surface area contributed by atoms with Crippen molar-refractivity contribution in [2.24, 2.45) is 0 Å². The topological polar surface area (TPSA) is 47.6 Å². The van der Waals surface area contributed by atoms with Gasteiger partial charge in [0.25, 0.3) is 0 Å². The molecular formula is C18H21NO3S. The summed E-state index contributed by atoms with van der Waals surface area (Å²) in [6.07, 6.45) is 0. The fourth-order valence-corrected chi connectivity index (χ4v) is 2.87. The second kappa shape index (κ2) is 9.22. The molecule has 5 heteroatoms. The molecule has 0 aliphatic carbocycles. The monoisotopic (exact) mass is 331 g/mol. The van der Waals surface area contributed by atoms with Gasteiger partial charge in [-0.05, 0) is 35.4 Å². The molecule has 0 atom stereocenters. The van der Waals surface area contributed by atoms with E-state index in [9.17, 15) is 4.79 Å². The Balaban J connectivity index is 1.77. The number of rotatable bonds is 8. The van der Waals surface area contributed by atoms with Crippen molar-refractivity contribution in [3.8, 4) is 5.75 Å². The summed E-state index contributed by atoms with van der Waals surface area (Å²) in [5.41, 5.74) is 3.01. The Morgan fingerprint density at radius 3 is 2.57 bits per heavy atom. The van der Waals surface area contributed by atoms with Gasteiger partial charge in [-0.1, -0.05) is 24.3 Å². The lowest BCUT2D eigenvalue weighted by Crippen LogP contribution is -2.14. The van der Waals surface area contributed by atoms with E-state index in [1.807, 2.05) is 48.5 Å². The van der Waals surface area contributed by atoms with Crippen molar-refractivity contribution in [2.45, 2.75) is 12.4 Å². The van der Waals surface area contributed by atoms with Crippen molar-refractivity contribution in [3.63, 3.8) is 0 Å². The number of benzene rings is 2. The SMILES string of the molecule is COCc1cccc(NC(=O)CSCc2ccc(OC)cc2)c1. The summed E-state index contributed by atoms with van der Waals surface area (Å²) in [6, 6.07) is 15.6. The van der Waals surface area contributed by atoms with E-state index in [1.54, 1.807) is 26.0 Å². The second-order valence-electron chi connectivity index (χ2n) is 5.02. The molecule has 122 valence electrons. The van der Waals surface area contributed by atoms with Gasteiger partial charge in [-0.15, -0.1) is 11.8 Å². The molecule has 23 heavy (non-hydrogen) atoms. The van der Waals surface area contributed by atoms with Crippen molar-refractivity contribution in [1.29, 1.82) is 0 Å². The van der Waals surface area contributed by atoms with Crippen molar-refractivity contribution in [2.75, 3.05) is 25.3 Å². The number of anilines is 1. The summed E-state index contributed by atoms with van der Waals surface area (Å²) in [5, 5.41) is 2.91. The zero-order chi connectivity index (χ0) is 16.5. The van der Waals surface area contributed by atoms with Gasteiger partial charge in [0.15, 0.2) is 0 Å². The van der Waals surface area contributed by atoms with Gasteiger partial charge in [0.05, 0.1) is 19.5 Å². The molecule has 0 bridgehead atoms. The summed E-state index contributed by atoms with van der Waals surface area (Å²) in [6.45, 7) is 0.538. The molecule has 0 saturated carbocycles. The Morgan fingerprint density at radius 1 is 1.09 bits per heavy atom. The maximum absolute atomic E-state index is 12.0. The summed E-state index contributed by atoms with van der Waals surface area (Å²) in [5.74, 6) is 2.05. The van der Waals surface area contributed by atoms with Crippen molar-refractivity contribution >= 4 is 23.4 Å². The van der Waals surface area contributed by atoms with E-state index in [1.165, 1.54) is 5.56 Å². The zero-order valence-electron chi connectivity index (χ0n) is 13.4. The minimum atomic E-state index is -0.00178. The first-order valence-electron chi connectivity index (χ1n) is 7.29. The highest BCUT2D eigenvalue weighted by atomic mass is 32.2. The van der Waals surface area contributed by atoms with Crippen LogP contribution in [0.2, 0.25) is 0 Å². The van der Waals surface area contributed by atoms with Crippen LogP contribution in [0.4, 0.5) is 5.69 Å². The molecule has 0 saturated heterocycles. The van der Waals surface area contributed by atoms with Gasteiger partial charge < -0.3 is 14.8 Å². The molecule has 1 amide bonds. The molecule has 2 rings (SSSR count). The van der Waals surface area contributed by atoms with E-state index in [0.717, 1.165) is 22.8 Å². The van der Waals surface area contributed by atoms with E-state index in [-0.39, 0.29) is 5.91 Å². The average molecular weight is 331 g/mol. The van der Waals surface area contributed by atoms with Gasteiger partial charge in [-0.25, -0.2) is 0 Å². The largest absolute Gasteiger partial charge is 0.497 e.